The van der Waals surface area contributed by atoms with Gasteiger partial charge in [-0.25, -0.2) is 0 Å². The smallest absolute Gasteiger partial charge is 0.0552 e. The molecule has 2 heteroatoms. The number of nitrogens with zero attached hydrogens (tertiary/aromatic N) is 1. The van der Waals surface area contributed by atoms with Gasteiger partial charge in [-0.15, -0.1) is 0 Å². The zero-order chi connectivity index (χ0) is 16.4. The maximum absolute atomic E-state index is 3.82. The second kappa shape index (κ2) is 6.58. The third-order valence-corrected chi connectivity index (χ3v) is 5.50. The Bertz CT molecular complexity index is 822. The van der Waals surface area contributed by atoms with Crippen molar-refractivity contribution in [2.24, 2.45) is 0 Å². The van der Waals surface area contributed by atoms with Gasteiger partial charge in [0.25, 0.3) is 0 Å². The number of anilines is 2. The topological polar surface area (TPSA) is 3.24 Å². The second-order valence-electron chi connectivity index (χ2n) is 5.88. The molecule has 0 radical (unpaired) electrons. The largest absolute Gasteiger partial charge is 0.339 e. The van der Waals surface area contributed by atoms with Crippen molar-refractivity contribution >= 4 is 29.2 Å². The molecule has 1 nitrogen and oxygen atoms in total. The molecule has 3 aromatic rings. The molecule has 0 saturated carbocycles. The van der Waals surface area contributed by atoms with E-state index in [1.807, 2.05) is 17.8 Å². The molecule has 0 aromatic heterocycles. The minimum absolute atomic E-state index is 0.974. The van der Waals surface area contributed by atoms with Crippen LogP contribution in [0.1, 0.15) is 11.1 Å². The van der Waals surface area contributed by atoms with Crippen LogP contribution in [0.5, 0.6) is 0 Å². The Kier molecular flexibility index (Phi) is 4.14. The van der Waals surface area contributed by atoms with Crippen LogP contribution in [0.2, 0.25) is 0 Å². The maximum atomic E-state index is 3.82. The molecular formula is C22H19NS. The van der Waals surface area contributed by atoms with E-state index in [2.05, 4.69) is 84.3 Å². The van der Waals surface area contributed by atoms with Crippen molar-refractivity contribution in [2.45, 2.75) is 16.2 Å². The van der Waals surface area contributed by atoms with E-state index in [0.717, 1.165) is 13.0 Å². The molecule has 0 spiro atoms. The first-order chi connectivity index (χ1) is 11.8. The number of benzene rings is 3. The van der Waals surface area contributed by atoms with Crippen molar-refractivity contribution in [1.82, 2.24) is 0 Å². The molecule has 0 unspecified atom stereocenters. The molecule has 0 N–H and O–H groups in total. The van der Waals surface area contributed by atoms with Gasteiger partial charge in [-0.3, -0.25) is 0 Å². The van der Waals surface area contributed by atoms with Crippen LogP contribution in [0.15, 0.2) is 89.2 Å². The van der Waals surface area contributed by atoms with E-state index in [0.29, 0.717) is 0 Å². The van der Waals surface area contributed by atoms with Gasteiger partial charge in [0.05, 0.1) is 11.4 Å². The fraction of sp³-hybridized carbons (Fsp3) is 0.0909. The summed E-state index contributed by atoms with van der Waals surface area (Å²) in [4.78, 5) is 5.11. The third-order valence-electron chi connectivity index (χ3n) is 4.37. The highest BCUT2D eigenvalue weighted by atomic mass is 32.2. The fourth-order valence-electron chi connectivity index (χ4n) is 3.08. The lowest BCUT2D eigenvalue weighted by atomic mass is 10.1. The number of fused-ring (bicyclic) bond motifs is 2. The maximum Gasteiger partial charge on any atom is 0.0552 e. The van der Waals surface area contributed by atoms with Gasteiger partial charge in [-0.2, -0.15) is 0 Å². The lowest BCUT2D eigenvalue weighted by molar-refractivity contribution is 0.891. The number of hydrogen-bond donors (Lipinski definition) is 0. The Hall–Kier alpha value is -2.45. The van der Waals surface area contributed by atoms with Crippen LogP contribution in [0.3, 0.4) is 0 Å². The van der Waals surface area contributed by atoms with Crippen LogP contribution in [0, 0.1) is 0 Å². The van der Waals surface area contributed by atoms with E-state index < -0.39 is 0 Å². The van der Waals surface area contributed by atoms with E-state index >= 15 is 0 Å². The molecule has 0 amide bonds. The molecule has 1 aliphatic heterocycles. The summed E-state index contributed by atoms with van der Waals surface area (Å²) in [7, 11) is 0. The lowest BCUT2D eigenvalue weighted by Crippen LogP contribution is -2.23. The summed E-state index contributed by atoms with van der Waals surface area (Å²) >= 11 is 1.86. The highest BCUT2D eigenvalue weighted by Crippen LogP contribution is 2.47. The van der Waals surface area contributed by atoms with Gasteiger partial charge in [-0.1, -0.05) is 72.9 Å². The van der Waals surface area contributed by atoms with Gasteiger partial charge in [0.15, 0.2) is 0 Å². The van der Waals surface area contributed by atoms with Crippen molar-refractivity contribution in [3.8, 4) is 0 Å². The van der Waals surface area contributed by atoms with Crippen LogP contribution in [0.4, 0.5) is 11.4 Å². The minimum atomic E-state index is 0.974. The monoisotopic (exact) mass is 329 g/mol. The molecule has 4 rings (SSSR count). The molecular weight excluding hydrogens is 310 g/mol. The van der Waals surface area contributed by atoms with E-state index in [1.54, 1.807) is 0 Å². The lowest BCUT2D eigenvalue weighted by Gasteiger charge is -2.32. The third kappa shape index (κ3) is 2.85. The molecule has 0 atom stereocenters. The zero-order valence-electron chi connectivity index (χ0n) is 13.5. The summed E-state index contributed by atoms with van der Waals surface area (Å²) in [6.45, 7) is 4.79. The first-order valence-corrected chi connectivity index (χ1v) is 9.01. The van der Waals surface area contributed by atoms with Crippen LogP contribution >= 0.6 is 11.8 Å². The Morgan fingerprint density at radius 2 is 1.38 bits per heavy atom. The summed E-state index contributed by atoms with van der Waals surface area (Å²) in [5.74, 6) is 0. The molecule has 3 aromatic carbocycles. The van der Waals surface area contributed by atoms with E-state index in [-0.39, 0.29) is 0 Å². The molecule has 118 valence electrons. The van der Waals surface area contributed by atoms with E-state index in [4.69, 9.17) is 0 Å². The van der Waals surface area contributed by atoms with Crippen LogP contribution in [0.25, 0.3) is 6.08 Å². The molecule has 0 fully saturated rings. The molecule has 1 aliphatic rings. The average molecular weight is 329 g/mol. The normalized spacial score (nSPS) is 12.4. The van der Waals surface area contributed by atoms with Crippen LogP contribution < -0.4 is 4.90 Å². The Labute approximate surface area is 147 Å². The van der Waals surface area contributed by atoms with E-state index in [1.165, 1.54) is 32.3 Å². The first kappa shape index (κ1) is 15.1. The van der Waals surface area contributed by atoms with Crippen LogP contribution in [-0.2, 0) is 6.42 Å². The summed E-state index contributed by atoms with van der Waals surface area (Å²) in [6, 6.07) is 26.0. The fourth-order valence-corrected chi connectivity index (χ4v) is 4.18. The van der Waals surface area contributed by atoms with Crippen molar-refractivity contribution < 1.29 is 0 Å². The van der Waals surface area contributed by atoms with Crippen molar-refractivity contribution in [2.75, 3.05) is 11.4 Å². The Balaban J connectivity index is 1.63. The minimum Gasteiger partial charge on any atom is -0.339 e. The first-order valence-electron chi connectivity index (χ1n) is 8.20. The summed E-state index contributed by atoms with van der Waals surface area (Å²) in [5.41, 5.74) is 5.14. The van der Waals surface area contributed by atoms with Gasteiger partial charge >= 0.3 is 0 Å². The molecule has 24 heavy (non-hydrogen) atoms. The quantitative estimate of drug-likeness (QED) is 0.562. The van der Waals surface area contributed by atoms with Crippen molar-refractivity contribution in [3.63, 3.8) is 0 Å². The number of para-hydroxylation sites is 2. The summed E-state index contributed by atoms with van der Waals surface area (Å²) in [5, 5.41) is 0. The number of hydrogen-bond acceptors (Lipinski definition) is 2. The van der Waals surface area contributed by atoms with Gasteiger partial charge < -0.3 is 4.90 Å². The SMILES string of the molecule is C=Cc1ccc(CCN2c3ccccc3Sc3ccccc32)cc1. The van der Waals surface area contributed by atoms with Gasteiger partial charge in [0.1, 0.15) is 0 Å². The predicted octanol–water partition coefficient (Wildman–Crippen LogP) is 6.18. The highest BCUT2D eigenvalue weighted by Gasteiger charge is 2.22. The van der Waals surface area contributed by atoms with Crippen molar-refractivity contribution in [1.29, 1.82) is 0 Å². The standard InChI is InChI=1S/C22H19NS/c1-2-17-11-13-18(14-12-17)15-16-23-19-7-3-5-9-21(19)24-22-10-6-4-8-20(22)23/h2-14H,1,15-16H2. The average Bonchev–Trinajstić information content (AvgIpc) is 2.65. The molecule has 0 saturated heterocycles. The molecule has 0 aliphatic carbocycles. The van der Waals surface area contributed by atoms with Gasteiger partial charge in [0, 0.05) is 16.3 Å². The number of rotatable bonds is 4. The van der Waals surface area contributed by atoms with Crippen molar-refractivity contribution in [3.05, 3.63) is 90.5 Å². The Morgan fingerprint density at radius 3 is 1.96 bits per heavy atom. The molecule has 0 bridgehead atoms. The summed E-state index contributed by atoms with van der Waals surface area (Å²) < 4.78 is 0. The van der Waals surface area contributed by atoms with Crippen LogP contribution in [-0.4, -0.2) is 6.54 Å². The zero-order valence-corrected chi connectivity index (χ0v) is 14.3. The van der Waals surface area contributed by atoms with E-state index in [9.17, 15) is 0 Å². The predicted molar refractivity (Wildman–Crippen MR) is 104 cm³/mol. The molecule has 1 heterocycles. The van der Waals surface area contributed by atoms with Gasteiger partial charge in [-0.05, 0) is 41.8 Å². The summed E-state index contributed by atoms with van der Waals surface area (Å²) in [6.07, 6.45) is 2.91. The van der Waals surface area contributed by atoms with Gasteiger partial charge in [0.2, 0.25) is 0 Å². The highest BCUT2D eigenvalue weighted by molar-refractivity contribution is 7.99. The Morgan fingerprint density at radius 1 is 0.792 bits per heavy atom. The second-order valence-corrected chi connectivity index (χ2v) is 6.97.